The number of aliphatic carboxylic acids is 1. The molecule has 252 valence electrons. The van der Waals surface area contributed by atoms with Crippen molar-refractivity contribution in [2.45, 2.75) is 142 Å². The highest BCUT2D eigenvalue weighted by molar-refractivity contribution is 5.90. The molecule has 3 unspecified atom stereocenters. The van der Waals surface area contributed by atoms with Gasteiger partial charge >= 0.3 is 5.97 Å². The van der Waals surface area contributed by atoms with E-state index in [1.165, 1.54) is 57.7 Å². The zero-order valence-electron chi connectivity index (χ0n) is 28.9. The van der Waals surface area contributed by atoms with Crippen LogP contribution in [0.15, 0.2) is 11.6 Å². The van der Waals surface area contributed by atoms with Crippen LogP contribution in [0, 0.1) is 57.7 Å². The van der Waals surface area contributed by atoms with Gasteiger partial charge in [-0.2, -0.15) is 0 Å². The summed E-state index contributed by atoms with van der Waals surface area (Å²) < 4.78 is 7.39. The zero-order chi connectivity index (χ0) is 31.7. The number of nitrogens with one attached hydrogen (secondary N) is 1. The summed E-state index contributed by atoms with van der Waals surface area (Å²) in [5, 5.41) is 15.4. The molecule has 0 amide bonds. The van der Waals surface area contributed by atoms with E-state index in [4.69, 9.17) is 4.74 Å². The lowest BCUT2D eigenvalue weighted by Crippen LogP contribution is -2.65. The summed E-state index contributed by atoms with van der Waals surface area (Å²) in [5.41, 5.74) is -1.44. The quantitative estimate of drug-likeness (QED) is 0.154. The van der Waals surface area contributed by atoms with Crippen molar-refractivity contribution in [2.75, 3.05) is 19.6 Å². The van der Waals surface area contributed by atoms with Crippen LogP contribution < -0.4 is 5.32 Å². The van der Waals surface area contributed by atoms with E-state index >= 15 is 0 Å². The minimum absolute atomic E-state index is 0.105. The van der Waals surface area contributed by atoms with Crippen molar-refractivity contribution < 1.29 is 19.4 Å². The Morgan fingerprint density at radius 1 is 1.02 bits per heavy atom. The minimum Gasteiger partial charge on any atom is -0.481 e. The largest absolute Gasteiger partial charge is 0.481 e. The van der Waals surface area contributed by atoms with Crippen LogP contribution in [0.3, 0.4) is 0 Å². The van der Waals surface area contributed by atoms with E-state index in [-0.39, 0.29) is 30.0 Å². The second-order valence-electron chi connectivity index (χ2n) is 17.4. The highest BCUT2D eigenvalue weighted by atomic mass is 16.5. The van der Waals surface area contributed by atoms with Gasteiger partial charge in [-0.3, -0.25) is 9.69 Å². The predicted molar refractivity (Wildman–Crippen MR) is 178 cm³/mol. The average molecular weight is 623 g/mol. The van der Waals surface area contributed by atoms with Gasteiger partial charge in [-0.1, -0.05) is 77.4 Å². The van der Waals surface area contributed by atoms with Gasteiger partial charge in [-0.15, -0.1) is 0 Å². The Balaban J connectivity index is 1.21. The number of ether oxygens (including phenoxy) is 1. The number of carbonyl (C=O) groups excluding carboxylic acids is 1. The Labute approximate surface area is 272 Å². The summed E-state index contributed by atoms with van der Waals surface area (Å²) in [5.74, 6) is 1.72. The fourth-order valence-electron chi connectivity index (χ4n) is 13.6. The molecule has 0 aromatic rings. The van der Waals surface area contributed by atoms with Crippen molar-refractivity contribution >= 4 is 12.3 Å². The third kappa shape index (κ3) is 4.49. The molecule has 4 saturated carbocycles. The molecule has 45 heavy (non-hydrogen) atoms. The number of rotatable bonds is 10. The first-order valence-electron chi connectivity index (χ1n) is 19.2. The van der Waals surface area contributed by atoms with Crippen molar-refractivity contribution in [1.82, 2.24) is 10.2 Å². The molecule has 2 N–H and O–H groups in total. The molecule has 6 nitrogen and oxygen atoms in total. The second-order valence-corrected chi connectivity index (χ2v) is 17.4. The first-order chi connectivity index (χ1) is 21.6. The highest BCUT2D eigenvalue weighted by Gasteiger charge is 2.86. The summed E-state index contributed by atoms with van der Waals surface area (Å²) in [6, 6.07) is 1.30. The van der Waals surface area contributed by atoms with Gasteiger partial charge in [0.25, 0.3) is 0 Å². The number of carbonyl (C=O) groups is 2. The number of aldehydes is 1. The summed E-state index contributed by atoms with van der Waals surface area (Å²) in [6.45, 7) is 14.3. The number of piperidine rings is 1. The number of carboxylic acids is 1. The number of hydrogen-bond acceptors (Lipinski definition) is 5. The van der Waals surface area contributed by atoms with E-state index in [0.29, 0.717) is 42.2 Å². The van der Waals surface area contributed by atoms with Gasteiger partial charge in [0.15, 0.2) is 0 Å². The Bertz CT molecular complexity index is 1150. The number of nitrogens with zero attached hydrogens (tertiary/aromatic N) is 1. The predicted octanol–water partition coefficient (Wildman–Crippen LogP) is 7.12. The van der Waals surface area contributed by atoms with E-state index in [1.807, 2.05) is 0 Å². The molecule has 2 saturated heterocycles. The minimum atomic E-state index is -1.14. The zero-order valence-corrected chi connectivity index (χ0v) is 28.9. The third-order valence-electron chi connectivity index (χ3n) is 15.4. The molecular weight excluding hydrogens is 560 g/mol. The number of likely N-dealkylation sites (tertiary alicyclic amines) is 1. The molecule has 7 rings (SSSR count). The molecule has 7 aliphatic rings. The van der Waals surface area contributed by atoms with E-state index < -0.39 is 22.2 Å². The molecule has 6 fully saturated rings. The Kier molecular flexibility index (Phi) is 8.63. The number of allylic oxidation sites excluding steroid dienone is 1. The molecular formula is C39H62N2O4. The molecule has 0 aromatic heterocycles. The van der Waals surface area contributed by atoms with E-state index in [2.05, 4.69) is 50.9 Å². The van der Waals surface area contributed by atoms with Crippen molar-refractivity contribution in [2.24, 2.45) is 57.7 Å². The molecule has 0 aromatic carbocycles. The molecule has 5 aliphatic carbocycles. The maximum absolute atomic E-state index is 14.1. The van der Waals surface area contributed by atoms with Gasteiger partial charge in [0.2, 0.25) is 0 Å². The molecule has 4 bridgehead atoms. The monoisotopic (exact) mass is 622 g/mol. The molecule has 2 aliphatic heterocycles. The van der Waals surface area contributed by atoms with Crippen LogP contribution in [0.25, 0.3) is 0 Å². The normalized spacial score (nSPS) is 48.1. The molecule has 0 radical (unpaired) electrons. The molecule has 6 heteroatoms. The van der Waals surface area contributed by atoms with E-state index in [9.17, 15) is 14.7 Å². The van der Waals surface area contributed by atoms with Gasteiger partial charge in [0.1, 0.15) is 11.7 Å². The van der Waals surface area contributed by atoms with Gasteiger partial charge < -0.3 is 20.0 Å². The van der Waals surface area contributed by atoms with Crippen LogP contribution in [0.2, 0.25) is 0 Å². The first-order valence-corrected chi connectivity index (χ1v) is 19.2. The van der Waals surface area contributed by atoms with Gasteiger partial charge in [-0.25, -0.2) is 0 Å². The van der Waals surface area contributed by atoms with Gasteiger partial charge in [0, 0.05) is 37.1 Å². The molecule has 0 spiro atoms. The highest BCUT2D eigenvalue weighted by Crippen LogP contribution is 2.84. The molecule has 12 atom stereocenters. The second kappa shape index (κ2) is 12.0. The van der Waals surface area contributed by atoms with Crippen LogP contribution in [-0.2, 0) is 14.3 Å². The van der Waals surface area contributed by atoms with Crippen LogP contribution in [-0.4, -0.2) is 66.2 Å². The number of carboxylic acid groups (broad SMARTS) is 1. The number of hydrogen-bond donors (Lipinski definition) is 2. The molecule has 2 heterocycles. The van der Waals surface area contributed by atoms with Gasteiger partial charge in [0.05, 0.1) is 17.6 Å². The lowest BCUT2D eigenvalue weighted by Gasteiger charge is -2.60. The fourth-order valence-corrected chi connectivity index (χ4v) is 13.6. The Morgan fingerprint density at radius 2 is 1.76 bits per heavy atom. The first kappa shape index (κ1) is 32.3. The van der Waals surface area contributed by atoms with Crippen LogP contribution >= 0.6 is 0 Å². The van der Waals surface area contributed by atoms with E-state index in [0.717, 1.165) is 50.9 Å². The smallest absolute Gasteiger partial charge is 0.315 e. The lowest BCUT2D eigenvalue weighted by molar-refractivity contribution is -0.197. The van der Waals surface area contributed by atoms with Gasteiger partial charge in [-0.05, 0) is 93.8 Å². The van der Waals surface area contributed by atoms with Crippen LogP contribution in [0.4, 0.5) is 0 Å². The van der Waals surface area contributed by atoms with Crippen molar-refractivity contribution in [3.8, 4) is 0 Å². The Morgan fingerprint density at radius 3 is 2.42 bits per heavy atom. The lowest BCUT2D eigenvalue weighted by atomic mass is 9.41. The van der Waals surface area contributed by atoms with Crippen LogP contribution in [0.1, 0.15) is 118 Å². The number of fused-ring (bicyclic) bond motifs is 2. The van der Waals surface area contributed by atoms with Crippen LogP contribution in [0.5, 0.6) is 0 Å². The topological polar surface area (TPSA) is 78.9 Å². The standard InChI is InChI=1S/C39H62N2O4/c1-24(2)33-18-29-20-37(23-42)32-15-14-25(3)31(32)21-38(29,39(33,37)36(43)44)35-19-30(28-12-7-6-8-13-28)34(45-35)22-40-16-17-41-26(4)10-9-11-27(41)5/h18,23-32,34-35,40H,6-17,19-22H2,1-5H3,(H,43,44)/t25-,26-,27+,29?,30+,31-,32-,34+,35-,37?,38?,39+/m1/s1. The maximum Gasteiger partial charge on any atom is 0.315 e. The van der Waals surface area contributed by atoms with Crippen molar-refractivity contribution in [1.29, 1.82) is 0 Å². The maximum atomic E-state index is 14.1. The van der Waals surface area contributed by atoms with Crippen molar-refractivity contribution in [3.63, 3.8) is 0 Å². The average Bonchev–Trinajstić information content (AvgIpc) is 3.74. The fraction of sp³-hybridized carbons (Fsp3) is 0.897. The third-order valence-corrected chi connectivity index (χ3v) is 15.4. The SMILES string of the molecule is CC(C)C1=CC2CC3(C=O)[C@@H]4CC[C@@H](C)[C@H]4CC2([C@H]2C[C@@H](C4CCCCC4)[C@H](CNCCN4[C@H](C)CCC[C@@H]4C)O2)[C@]13C(=O)O. The van der Waals surface area contributed by atoms with Crippen molar-refractivity contribution in [3.05, 3.63) is 11.6 Å². The van der Waals surface area contributed by atoms with E-state index in [1.54, 1.807) is 0 Å². The summed E-state index contributed by atoms with van der Waals surface area (Å²) >= 11 is 0. The summed E-state index contributed by atoms with van der Waals surface area (Å²) in [6.07, 6.45) is 18.6. The summed E-state index contributed by atoms with van der Waals surface area (Å²) in [4.78, 5) is 30.4. The summed E-state index contributed by atoms with van der Waals surface area (Å²) in [7, 11) is 0. The Hall–Kier alpha value is -1.24.